The molecule has 10 nitrogen and oxygen atoms in total. The maximum atomic E-state index is 14.2. The van der Waals surface area contributed by atoms with Crippen LogP contribution in [0.5, 0.6) is 5.75 Å². The highest BCUT2D eigenvalue weighted by molar-refractivity contribution is 7.07. The van der Waals surface area contributed by atoms with Gasteiger partial charge in [0, 0.05) is 47.9 Å². The Labute approximate surface area is 252 Å². The van der Waals surface area contributed by atoms with Crippen molar-refractivity contribution in [2.24, 2.45) is 4.99 Å². The number of ether oxygens (including phenoxy) is 1. The van der Waals surface area contributed by atoms with Gasteiger partial charge < -0.3 is 14.2 Å². The highest BCUT2D eigenvalue weighted by atomic mass is 32.1. The van der Waals surface area contributed by atoms with Gasteiger partial charge in [-0.15, -0.1) is 0 Å². The quantitative estimate of drug-likeness (QED) is 0.220. The van der Waals surface area contributed by atoms with Crippen LogP contribution in [0.4, 0.5) is 5.69 Å². The molecule has 43 heavy (non-hydrogen) atoms. The summed E-state index contributed by atoms with van der Waals surface area (Å²) in [6.07, 6.45) is 1.85. The summed E-state index contributed by atoms with van der Waals surface area (Å²) < 4.78 is 9.77. The third kappa shape index (κ3) is 5.20. The number of non-ortho nitro benzene ring substituents is 1. The first-order valence-electron chi connectivity index (χ1n) is 14.0. The zero-order valence-electron chi connectivity index (χ0n) is 25.0. The van der Waals surface area contributed by atoms with E-state index in [4.69, 9.17) is 9.73 Å². The van der Waals surface area contributed by atoms with Crippen LogP contribution in [0.1, 0.15) is 49.3 Å². The van der Waals surface area contributed by atoms with Gasteiger partial charge >= 0.3 is 0 Å². The Morgan fingerprint density at radius 1 is 1.12 bits per heavy atom. The van der Waals surface area contributed by atoms with Crippen molar-refractivity contribution >= 4 is 29.0 Å². The van der Waals surface area contributed by atoms with Gasteiger partial charge in [-0.05, 0) is 70.5 Å². The van der Waals surface area contributed by atoms with Crippen LogP contribution in [0.15, 0.2) is 75.7 Å². The van der Waals surface area contributed by atoms with Crippen LogP contribution in [0.25, 0.3) is 11.8 Å². The van der Waals surface area contributed by atoms with E-state index < -0.39 is 11.0 Å². The van der Waals surface area contributed by atoms with Gasteiger partial charge in [0.2, 0.25) is 0 Å². The molecule has 2 aromatic carbocycles. The molecular formula is C32H33N5O5S. The van der Waals surface area contributed by atoms with E-state index in [0.717, 1.165) is 22.6 Å². The van der Waals surface area contributed by atoms with Crippen LogP contribution >= 0.6 is 11.3 Å². The molecule has 3 heterocycles. The van der Waals surface area contributed by atoms with Crippen LogP contribution in [-0.2, 0) is 4.79 Å². The number of nitro groups is 1. The number of para-hydroxylation sites is 1. The fourth-order valence-corrected chi connectivity index (χ4v) is 6.70. The number of likely N-dealkylation sites (N-methyl/N-ethyl adjacent to an activating group) is 1. The van der Waals surface area contributed by atoms with Crippen molar-refractivity contribution in [2.75, 3.05) is 20.2 Å². The minimum absolute atomic E-state index is 0.0197. The molecule has 1 atom stereocenters. The number of thiazole rings is 1. The molecule has 0 fully saturated rings. The first-order valence-corrected chi connectivity index (χ1v) is 14.8. The summed E-state index contributed by atoms with van der Waals surface area (Å²) in [6, 6.07) is 15.1. The fourth-order valence-electron chi connectivity index (χ4n) is 5.66. The topological polar surface area (TPSA) is 112 Å². The Kier molecular flexibility index (Phi) is 8.19. The second-order valence-corrected chi connectivity index (χ2v) is 11.2. The number of allylic oxidation sites excluding steroid dienone is 1. The van der Waals surface area contributed by atoms with Gasteiger partial charge in [-0.2, -0.15) is 0 Å². The number of rotatable bonds is 8. The minimum Gasteiger partial charge on any atom is -0.496 e. The number of hydrogen-bond donors (Lipinski definition) is 0. The Hall–Kier alpha value is -4.77. The van der Waals surface area contributed by atoms with Crippen LogP contribution in [0, 0.1) is 24.0 Å². The summed E-state index contributed by atoms with van der Waals surface area (Å²) in [6.45, 7) is 10.6. The van der Waals surface area contributed by atoms with Gasteiger partial charge in [0.15, 0.2) is 4.80 Å². The number of aromatic nitrogens is 2. The average molecular weight is 600 g/mol. The van der Waals surface area contributed by atoms with Crippen LogP contribution in [0.2, 0.25) is 0 Å². The lowest BCUT2D eigenvalue weighted by atomic mass is 9.94. The Bertz CT molecular complexity index is 1940. The highest BCUT2D eigenvalue weighted by Crippen LogP contribution is 2.36. The molecule has 1 aliphatic rings. The standard InChI is InChI=1S/C32H33N5O5S/c1-7-34(8-2)31(39)28-20(4)33-32-36(29(28)25-11-9-10-12-26(25)42-6)30(38)27(43-32)18-22-17-19(3)35(21(22)5)23-13-15-24(16-14-23)37(40)41/h9-18,29H,7-8H2,1-6H3/b27-18+/t29-/m0/s1. The van der Waals surface area contributed by atoms with Gasteiger partial charge in [-0.25, -0.2) is 4.99 Å². The van der Waals surface area contributed by atoms with Crippen molar-refractivity contribution in [3.05, 3.63) is 118 Å². The van der Waals surface area contributed by atoms with E-state index in [1.54, 1.807) is 28.7 Å². The van der Waals surface area contributed by atoms with Gasteiger partial charge in [-0.1, -0.05) is 29.5 Å². The number of benzene rings is 2. The van der Waals surface area contributed by atoms with Crippen molar-refractivity contribution in [3.8, 4) is 11.4 Å². The summed E-state index contributed by atoms with van der Waals surface area (Å²) in [5, 5.41) is 11.1. The Morgan fingerprint density at radius 2 is 1.79 bits per heavy atom. The molecular weight excluding hydrogens is 566 g/mol. The molecule has 0 radical (unpaired) electrons. The molecule has 0 unspecified atom stereocenters. The predicted molar refractivity (Wildman–Crippen MR) is 167 cm³/mol. The maximum Gasteiger partial charge on any atom is 0.271 e. The van der Waals surface area contributed by atoms with Crippen LogP contribution < -0.4 is 19.6 Å². The van der Waals surface area contributed by atoms with Crippen molar-refractivity contribution in [3.63, 3.8) is 0 Å². The molecule has 0 bridgehead atoms. The number of carbonyl (C=O) groups is 1. The molecule has 222 valence electrons. The van der Waals surface area contributed by atoms with Gasteiger partial charge in [-0.3, -0.25) is 24.3 Å². The molecule has 1 aliphatic heterocycles. The number of nitrogens with zero attached hydrogens (tertiary/aromatic N) is 5. The van der Waals surface area contributed by atoms with Crippen molar-refractivity contribution < 1.29 is 14.5 Å². The van der Waals surface area contributed by atoms with E-state index in [-0.39, 0.29) is 17.2 Å². The summed E-state index contributed by atoms with van der Waals surface area (Å²) in [4.78, 5) is 45.7. The second-order valence-electron chi connectivity index (χ2n) is 10.2. The van der Waals surface area contributed by atoms with E-state index in [2.05, 4.69) is 0 Å². The van der Waals surface area contributed by atoms with Gasteiger partial charge in [0.05, 0.1) is 27.8 Å². The van der Waals surface area contributed by atoms with Gasteiger partial charge in [0.25, 0.3) is 17.2 Å². The molecule has 4 aromatic rings. The summed E-state index contributed by atoms with van der Waals surface area (Å²) >= 11 is 1.27. The molecule has 0 N–H and O–H groups in total. The first kappa shape index (κ1) is 29.7. The zero-order chi connectivity index (χ0) is 31.0. The molecule has 5 rings (SSSR count). The molecule has 0 saturated carbocycles. The second kappa shape index (κ2) is 11.8. The molecule has 0 aliphatic carbocycles. The number of fused-ring (bicyclic) bond motifs is 1. The third-order valence-electron chi connectivity index (χ3n) is 7.81. The Balaban J connectivity index is 1.69. The van der Waals surface area contributed by atoms with E-state index in [1.165, 1.54) is 23.5 Å². The van der Waals surface area contributed by atoms with Gasteiger partial charge in [0.1, 0.15) is 11.8 Å². The van der Waals surface area contributed by atoms with E-state index in [9.17, 15) is 19.7 Å². The number of carbonyl (C=O) groups excluding carboxylic acids is 1. The Morgan fingerprint density at radius 3 is 2.42 bits per heavy atom. The lowest BCUT2D eigenvalue weighted by molar-refractivity contribution is -0.384. The van der Waals surface area contributed by atoms with Crippen molar-refractivity contribution in [2.45, 2.75) is 40.7 Å². The molecule has 2 aromatic heterocycles. The van der Waals surface area contributed by atoms with Crippen molar-refractivity contribution in [1.29, 1.82) is 0 Å². The van der Waals surface area contributed by atoms with E-state index in [1.807, 2.05) is 75.6 Å². The van der Waals surface area contributed by atoms with E-state index in [0.29, 0.717) is 45.0 Å². The SMILES string of the molecule is CCN(CC)C(=O)C1=C(C)N=c2s/c(=C/c3cc(C)n(-c4ccc([N+](=O)[O-])cc4)c3C)c(=O)n2[C@H]1c1ccccc1OC. The number of nitro benzene ring substituents is 1. The number of amides is 1. The fraction of sp³-hybridized carbons (Fsp3) is 0.281. The van der Waals surface area contributed by atoms with E-state index >= 15 is 0 Å². The predicted octanol–water partition coefficient (Wildman–Crippen LogP) is 4.43. The lowest BCUT2D eigenvalue weighted by Crippen LogP contribution is -2.43. The van der Waals surface area contributed by atoms with Crippen LogP contribution in [-0.4, -0.2) is 45.1 Å². The van der Waals surface area contributed by atoms with Crippen molar-refractivity contribution in [1.82, 2.24) is 14.0 Å². The number of methoxy groups -OCH3 is 1. The minimum atomic E-state index is -0.713. The summed E-state index contributed by atoms with van der Waals surface area (Å²) in [5.41, 5.74) is 4.91. The molecule has 0 saturated heterocycles. The maximum absolute atomic E-state index is 14.2. The highest BCUT2D eigenvalue weighted by Gasteiger charge is 2.35. The first-order chi connectivity index (χ1) is 20.6. The molecule has 1 amide bonds. The zero-order valence-corrected chi connectivity index (χ0v) is 25.8. The largest absolute Gasteiger partial charge is 0.496 e. The smallest absolute Gasteiger partial charge is 0.271 e. The number of hydrogen-bond acceptors (Lipinski definition) is 7. The summed E-state index contributed by atoms with van der Waals surface area (Å²) in [7, 11) is 1.58. The normalized spacial score (nSPS) is 14.8. The average Bonchev–Trinajstić information content (AvgIpc) is 3.46. The lowest BCUT2D eigenvalue weighted by Gasteiger charge is -2.29. The molecule has 0 spiro atoms. The summed E-state index contributed by atoms with van der Waals surface area (Å²) in [5.74, 6) is 0.413. The third-order valence-corrected chi connectivity index (χ3v) is 8.79. The van der Waals surface area contributed by atoms with Crippen LogP contribution in [0.3, 0.4) is 0 Å². The number of aryl methyl sites for hydroxylation is 1. The monoisotopic (exact) mass is 599 g/mol. The molecule has 11 heteroatoms.